The van der Waals surface area contributed by atoms with E-state index in [1.807, 2.05) is 14.1 Å². The molecule has 0 saturated carbocycles. The minimum absolute atomic E-state index is 0. The number of anilines is 3. The Hall–Kier alpha value is -2.68. The second kappa shape index (κ2) is 19.1. The first-order valence-corrected chi connectivity index (χ1v) is 19.1. The largest absolute Gasteiger partial charge is 1.00 e. The molecule has 0 saturated heterocycles. The zero-order chi connectivity index (χ0) is 36.1. The number of nitrogens with zero attached hydrogens (tertiary/aromatic N) is 3. The van der Waals surface area contributed by atoms with Gasteiger partial charge in [-0.2, -0.15) is 0 Å². The van der Waals surface area contributed by atoms with Crippen LogP contribution in [0.25, 0.3) is 0 Å². The number of hydrogen-bond acceptors (Lipinski definition) is 9. The zero-order valence-corrected chi connectivity index (χ0v) is 36.2. The molecule has 52 heavy (non-hydrogen) atoms. The summed E-state index contributed by atoms with van der Waals surface area (Å²) in [5.74, 6) is -0.0392. The van der Waals surface area contributed by atoms with Gasteiger partial charge in [0.15, 0.2) is 0 Å². The molecule has 0 aliphatic heterocycles. The first kappa shape index (κ1) is 43.7. The van der Waals surface area contributed by atoms with Gasteiger partial charge in [-0.1, -0.05) is 60.7 Å². The Morgan fingerprint density at radius 1 is 0.481 bits per heavy atom. The van der Waals surface area contributed by atoms with Crippen LogP contribution >= 0.6 is 0 Å². The maximum absolute atomic E-state index is 11.4. The summed E-state index contributed by atoms with van der Waals surface area (Å²) >= 11 is 0. The summed E-state index contributed by atoms with van der Waals surface area (Å²) in [5, 5.41) is 0. The molecule has 0 amide bonds. The van der Waals surface area contributed by atoms with Crippen molar-refractivity contribution in [1.82, 2.24) is 0 Å². The summed E-state index contributed by atoms with van der Waals surface area (Å²) in [6.45, 7) is 6.70. The smallest absolute Gasteiger partial charge is 0.744 e. The Kier molecular flexibility index (Phi) is 16.0. The summed E-state index contributed by atoms with van der Waals surface area (Å²) in [6.07, 6.45) is 0. The van der Waals surface area contributed by atoms with Crippen LogP contribution in [0.3, 0.4) is 0 Å². The number of hydrogen-bond donors (Lipinski definition) is 0. The van der Waals surface area contributed by atoms with Crippen molar-refractivity contribution in [3.63, 3.8) is 0 Å². The zero-order valence-electron chi connectivity index (χ0n) is 30.6. The summed E-state index contributed by atoms with van der Waals surface area (Å²) < 4.78 is 68.1. The summed E-state index contributed by atoms with van der Waals surface area (Å²) in [5.41, 5.74) is 8.35. The molecule has 0 bridgehead atoms. The van der Waals surface area contributed by atoms with Crippen molar-refractivity contribution in [1.29, 1.82) is 0 Å². The van der Waals surface area contributed by atoms with E-state index >= 15 is 0 Å². The maximum Gasteiger partial charge on any atom is 1.00 e. The quantitative estimate of drug-likeness (QED) is 0.0920. The molecule has 0 heterocycles. The molecule has 5 rings (SSSR count). The van der Waals surface area contributed by atoms with E-state index in [1.54, 1.807) is 24.3 Å². The van der Waals surface area contributed by atoms with Gasteiger partial charge in [0.25, 0.3) is 0 Å². The summed E-state index contributed by atoms with van der Waals surface area (Å²) in [7, 11) is -4.95. The van der Waals surface area contributed by atoms with Crippen LogP contribution in [0, 0.1) is 0 Å². The van der Waals surface area contributed by atoms with E-state index in [4.69, 9.17) is 0 Å². The monoisotopic (exact) mass is 757 g/mol. The molecule has 262 valence electrons. The molecule has 0 aliphatic rings. The third kappa shape index (κ3) is 11.2. The van der Waals surface area contributed by atoms with Crippen molar-refractivity contribution in [3.05, 3.63) is 149 Å². The van der Waals surface area contributed by atoms with E-state index in [2.05, 4.69) is 101 Å². The van der Waals surface area contributed by atoms with Crippen LogP contribution in [0.4, 0.5) is 17.1 Å². The molecule has 0 spiro atoms. The second-order valence-electron chi connectivity index (χ2n) is 12.3. The average Bonchev–Trinajstić information content (AvgIpc) is 3.10. The fraction of sp³-hybridized carbons (Fsp3) is 0.231. The molecule has 0 atom stereocenters. The van der Waals surface area contributed by atoms with Gasteiger partial charge in [-0.15, -0.1) is 0 Å². The van der Waals surface area contributed by atoms with Crippen LogP contribution in [-0.2, 0) is 33.3 Å². The number of rotatable bonds is 14. The molecule has 0 N–H and O–H groups in total. The third-order valence-corrected chi connectivity index (χ3v) is 10.6. The first-order valence-electron chi connectivity index (χ1n) is 16.3. The molecule has 0 unspecified atom stereocenters. The molecular formula is C39H41N3Na2O6S2. The third-order valence-electron chi connectivity index (χ3n) is 8.86. The van der Waals surface area contributed by atoms with Gasteiger partial charge in [0.05, 0.1) is 9.79 Å². The first-order chi connectivity index (χ1) is 23.8. The fourth-order valence-electron chi connectivity index (χ4n) is 6.03. The molecule has 0 radical (unpaired) electrons. The average molecular weight is 758 g/mol. The van der Waals surface area contributed by atoms with Crippen LogP contribution in [0.15, 0.2) is 131 Å². The van der Waals surface area contributed by atoms with E-state index in [0.717, 1.165) is 58.0 Å². The fourth-order valence-corrected chi connectivity index (χ4v) is 6.97. The molecule has 0 aliphatic carbocycles. The molecule has 13 heteroatoms. The predicted molar refractivity (Wildman–Crippen MR) is 197 cm³/mol. The van der Waals surface area contributed by atoms with Gasteiger partial charge in [-0.3, -0.25) is 0 Å². The van der Waals surface area contributed by atoms with Crippen molar-refractivity contribution in [3.8, 4) is 0 Å². The van der Waals surface area contributed by atoms with Gasteiger partial charge < -0.3 is 23.8 Å². The van der Waals surface area contributed by atoms with Crippen molar-refractivity contribution >= 4 is 37.3 Å². The van der Waals surface area contributed by atoms with Crippen molar-refractivity contribution < 1.29 is 85.1 Å². The van der Waals surface area contributed by atoms with Crippen molar-refractivity contribution in [2.24, 2.45) is 0 Å². The van der Waals surface area contributed by atoms with E-state index in [0.29, 0.717) is 13.1 Å². The Labute approximate surface area is 352 Å². The normalized spacial score (nSPS) is 11.4. The van der Waals surface area contributed by atoms with Gasteiger partial charge in [-0.25, -0.2) is 16.8 Å². The molecule has 5 aromatic carbocycles. The molecule has 0 aromatic heterocycles. The second-order valence-corrected chi connectivity index (χ2v) is 15.1. The van der Waals surface area contributed by atoms with E-state index in [9.17, 15) is 25.9 Å². The van der Waals surface area contributed by atoms with E-state index in [1.165, 1.54) is 24.3 Å². The Morgan fingerprint density at radius 2 is 0.769 bits per heavy atom. The molecule has 5 aromatic rings. The van der Waals surface area contributed by atoms with Crippen LogP contribution in [-0.4, -0.2) is 53.1 Å². The van der Waals surface area contributed by atoms with Crippen LogP contribution in [0.2, 0.25) is 0 Å². The van der Waals surface area contributed by atoms with E-state index < -0.39 is 20.2 Å². The van der Waals surface area contributed by atoms with Crippen LogP contribution in [0.5, 0.6) is 0 Å². The minimum Gasteiger partial charge on any atom is -0.744 e. The maximum atomic E-state index is 11.4. The number of benzene rings is 5. The van der Waals surface area contributed by atoms with Gasteiger partial charge in [0, 0.05) is 63.3 Å². The molecular weight excluding hydrogens is 717 g/mol. The van der Waals surface area contributed by atoms with Crippen LogP contribution < -0.4 is 73.8 Å². The Morgan fingerprint density at radius 3 is 1.02 bits per heavy atom. The molecule has 9 nitrogen and oxygen atoms in total. The van der Waals surface area contributed by atoms with Crippen molar-refractivity contribution in [2.75, 3.05) is 41.9 Å². The summed E-state index contributed by atoms with van der Waals surface area (Å²) in [6, 6.07) is 37.7. The van der Waals surface area contributed by atoms with Crippen LogP contribution in [0.1, 0.15) is 47.6 Å². The Balaban J connectivity index is 0.00000364. The van der Waals surface area contributed by atoms with Gasteiger partial charge in [0.1, 0.15) is 20.2 Å². The minimum atomic E-state index is -4.49. The van der Waals surface area contributed by atoms with Gasteiger partial charge in [-0.05, 0) is 102 Å². The van der Waals surface area contributed by atoms with Gasteiger partial charge in [0.2, 0.25) is 0 Å². The standard InChI is InChI=1S/C39H43N3O6S2.2Na/c1-5-41(27-29-7-23-37(24-8-29)49(43,44)45)35-19-13-32(14-20-35)39(31-11-17-34(18-12-31)40(3)4)33-15-21-36(22-16-33)42(6-2)28-30-9-25-38(26-10-30)50(46,47)48;;/h7-26,39H,5-6,27-28H2,1-4H3,(H,43,44,45)(H,46,47,48);;/q;2*+1/p-2. The topological polar surface area (TPSA) is 124 Å². The predicted octanol–water partition coefficient (Wildman–Crippen LogP) is 0.802. The van der Waals surface area contributed by atoms with Gasteiger partial charge >= 0.3 is 59.1 Å². The van der Waals surface area contributed by atoms with E-state index in [-0.39, 0.29) is 74.8 Å². The summed E-state index contributed by atoms with van der Waals surface area (Å²) in [4.78, 5) is 5.97. The SMILES string of the molecule is CCN(Cc1ccc(S(=O)(=O)[O-])cc1)c1ccc(C(c2ccc(N(C)C)cc2)c2ccc(N(CC)Cc3ccc(S(=O)(=O)[O-])cc3)cc2)cc1.[Na+].[Na+]. The Bertz CT molecular complexity index is 1970. The molecule has 0 fully saturated rings. The van der Waals surface area contributed by atoms with Crippen molar-refractivity contribution in [2.45, 2.75) is 42.6 Å².